The Morgan fingerprint density at radius 2 is 1.31 bits per heavy atom. The number of amides is 4. The monoisotopic (exact) mass is 681 g/mol. The van der Waals surface area contributed by atoms with Gasteiger partial charge in [0.15, 0.2) is 5.96 Å². The highest BCUT2D eigenvalue weighted by molar-refractivity contribution is 8.76. The Morgan fingerprint density at radius 3 is 1.82 bits per heavy atom. The first-order valence-corrected chi connectivity index (χ1v) is 15.8. The van der Waals surface area contributed by atoms with E-state index in [1.807, 2.05) is 0 Å². The molecule has 0 saturated heterocycles. The van der Waals surface area contributed by atoms with Gasteiger partial charge in [0.1, 0.15) is 30.8 Å². The van der Waals surface area contributed by atoms with Gasteiger partial charge in [-0.15, -0.1) is 0 Å². The Labute approximate surface area is 265 Å². The van der Waals surface area contributed by atoms with Crippen molar-refractivity contribution in [2.75, 3.05) is 24.7 Å². The maximum absolute atomic E-state index is 13.1. The van der Waals surface area contributed by atoms with Crippen molar-refractivity contribution in [3.63, 3.8) is 0 Å². The summed E-state index contributed by atoms with van der Waals surface area (Å²) in [6, 6.07) is -6.09. The Balaban J connectivity index is 5.67. The van der Waals surface area contributed by atoms with Crippen molar-refractivity contribution in [1.82, 2.24) is 21.3 Å². The maximum Gasteiger partial charge on any atom is 0.327 e. The summed E-state index contributed by atoms with van der Waals surface area (Å²) in [5, 5.41) is 36.9. The second kappa shape index (κ2) is 22.3. The van der Waals surface area contributed by atoms with Crippen LogP contribution < -0.4 is 32.7 Å². The van der Waals surface area contributed by atoms with Crippen LogP contribution in [0, 0.1) is 0 Å². The van der Waals surface area contributed by atoms with Crippen LogP contribution in [-0.4, -0.2) is 118 Å². The van der Waals surface area contributed by atoms with Crippen LogP contribution >= 0.6 is 21.6 Å². The SMILES string of the molecule is CC(=O)N[C@@H](CCCN=C(N)N)C(=O)N[C@@H](CCC(=O)O)C(=O)N[C@@H](CC(=O)O)C(=O)N[C@@H](CSSCCOC(C)=O)C(=O)O. The number of nitrogens with zero attached hydrogens (tertiary/aromatic N) is 1. The molecule has 45 heavy (non-hydrogen) atoms. The molecular formula is C24H39N7O12S2. The van der Waals surface area contributed by atoms with Crippen LogP contribution in [0.2, 0.25) is 0 Å². The summed E-state index contributed by atoms with van der Waals surface area (Å²) in [4.78, 5) is 99.6. The fraction of sp³-hybridized carbons (Fsp3) is 0.625. The third-order valence-electron chi connectivity index (χ3n) is 5.34. The number of esters is 1. The zero-order valence-corrected chi connectivity index (χ0v) is 26.2. The van der Waals surface area contributed by atoms with Crippen LogP contribution in [0.15, 0.2) is 4.99 Å². The van der Waals surface area contributed by atoms with E-state index in [2.05, 4.69) is 26.3 Å². The Morgan fingerprint density at radius 1 is 0.756 bits per heavy atom. The quantitative estimate of drug-likeness (QED) is 0.0175. The highest BCUT2D eigenvalue weighted by atomic mass is 33.1. The first kappa shape index (κ1) is 40.7. The summed E-state index contributed by atoms with van der Waals surface area (Å²) in [5.41, 5.74) is 10.5. The average Bonchev–Trinajstić information content (AvgIpc) is 2.92. The number of carboxylic acid groups (broad SMARTS) is 3. The van der Waals surface area contributed by atoms with E-state index in [0.717, 1.165) is 28.5 Å². The van der Waals surface area contributed by atoms with Gasteiger partial charge >= 0.3 is 23.9 Å². The number of nitrogens with two attached hydrogens (primary N) is 2. The molecule has 0 aromatic heterocycles. The van der Waals surface area contributed by atoms with E-state index >= 15 is 0 Å². The van der Waals surface area contributed by atoms with Crippen molar-refractivity contribution in [2.24, 2.45) is 16.5 Å². The minimum absolute atomic E-state index is 0.0239. The van der Waals surface area contributed by atoms with Crippen molar-refractivity contribution >= 4 is 75.1 Å². The van der Waals surface area contributed by atoms with E-state index in [1.165, 1.54) is 6.92 Å². The minimum Gasteiger partial charge on any atom is -0.481 e. The summed E-state index contributed by atoms with van der Waals surface area (Å²) in [5.74, 6) is -8.60. The Hall–Kier alpha value is -4.27. The van der Waals surface area contributed by atoms with E-state index in [-0.39, 0.29) is 37.7 Å². The van der Waals surface area contributed by atoms with Gasteiger partial charge in [0.2, 0.25) is 23.6 Å². The molecule has 0 unspecified atom stereocenters. The normalized spacial score (nSPS) is 13.1. The molecule has 0 aliphatic carbocycles. The van der Waals surface area contributed by atoms with Gasteiger partial charge in [0, 0.05) is 38.3 Å². The molecule has 11 N–H and O–H groups in total. The summed E-state index contributed by atoms with van der Waals surface area (Å²) in [6.07, 6.45) is -1.81. The molecule has 19 nitrogen and oxygen atoms in total. The van der Waals surface area contributed by atoms with Crippen molar-refractivity contribution in [3.8, 4) is 0 Å². The first-order chi connectivity index (χ1) is 21.0. The molecule has 0 aromatic rings. The van der Waals surface area contributed by atoms with E-state index in [1.54, 1.807) is 0 Å². The van der Waals surface area contributed by atoms with Crippen molar-refractivity contribution in [1.29, 1.82) is 0 Å². The van der Waals surface area contributed by atoms with Crippen LogP contribution in [0.5, 0.6) is 0 Å². The summed E-state index contributed by atoms with van der Waals surface area (Å²) >= 11 is 0. The molecule has 4 amide bonds. The number of rotatable bonds is 23. The predicted octanol–water partition coefficient (Wildman–Crippen LogP) is -2.63. The van der Waals surface area contributed by atoms with Gasteiger partial charge in [-0.3, -0.25) is 38.6 Å². The minimum atomic E-state index is -1.81. The van der Waals surface area contributed by atoms with Gasteiger partial charge in [0.25, 0.3) is 0 Å². The lowest BCUT2D eigenvalue weighted by molar-refractivity contribution is -0.143. The number of guanidine groups is 1. The standard InChI is InChI=1S/C24H39N7O12S2/c1-12(32)28-14(4-3-7-27-24(25)26)20(38)29-15(5-6-18(34)35)21(39)30-16(10-19(36)37)22(40)31-17(23(41)42)11-45-44-9-8-43-13(2)33/h14-17H,3-11H2,1-2H3,(H,28,32)(H,29,38)(H,30,39)(H,31,40)(H,34,35)(H,36,37)(H,41,42)(H4,25,26,27)/t14-,15-,16-,17-/m0/s1. The van der Waals surface area contributed by atoms with Crippen LogP contribution in [-0.2, 0) is 43.1 Å². The van der Waals surface area contributed by atoms with Crippen molar-refractivity contribution in [2.45, 2.75) is 70.1 Å². The second-order valence-electron chi connectivity index (χ2n) is 9.20. The Kier molecular flexibility index (Phi) is 20.2. The number of aliphatic carboxylic acids is 3. The summed E-state index contributed by atoms with van der Waals surface area (Å²) in [7, 11) is 2.19. The largest absolute Gasteiger partial charge is 0.481 e. The van der Waals surface area contributed by atoms with Crippen LogP contribution in [0.4, 0.5) is 0 Å². The molecule has 0 rings (SSSR count). The third-order valence-corrected chi connectivity index (χ3v) is 7.71. The molecule has 0 saturated carbocycles. The second-order valence-corrected chi connectivity index (χ2v) is 11.8. The topological polar surface area (TPSA) is 319 Å². The molecule has 0 heterocycles. The average molecular weight is 682 g/mol. The fourth-order valence-corrected chi connectivity index (χ4v) is 5.31. The summed E-state index contributed by atoms with van der Waals surface area (Å²) < 4.78 is 4.75. The van der Waals surface area contributed by atoms with Crippen LogP contribution in [0.1, 0.15) is 46.0 Å². The number of ether oxygens (including phenoxy) is 1. The van der Waals surface area contributed by atoms with Crippen molar-refractivity contribution < 1.29 is 58.4 Å². The highest BCUT2D eigenvalue weighted by Crippen LogP contribution is 2.22. The molecule has 0 radical (unpaired) electrons. The summed E-state index contributed by atoms with van der Waals surface area (Å²) in [6.45, 7) is 2.56. The zero-order chi connectivity index (χ0) is 34.5. The number of carbonyl (C=O) groups is 8. The lowest BCUT2D eigenvalue weighted by Crippen LogP contribution is -2.58. The van der Waals surface area contributed by atoms with Gasteiger partial charge in [-0.05, 0) is 19.3 Å². The number of hydrogen-bond donors (Lipinski definition) is 9. The number of carbonyl (C=O) groups excluding carboxylic acids is 5. The lowest BCUT2D eigenvalue weighted by atomic mass is 10.1. The van der Waals surface area contributed by atoms with E-state index in [9.17, 15) is 48.6 Å². The van der Waals surface area contributed by atoms with Gasteiger partial charge in [-0.1, -0.05) is 21.6 Å². The molecule has 21 heteroatoms. The number of aliphatic imine (C=N–C) groups is 1. The molecule has 254 valence electrons. The maximum atomic E-state index is 13.1. The molecule has 0 fully saturated rings. The van der Waals surface area contributed by atoms with Crippen molar-refractivity contribution in [3.05, 3.63) is 0 Å². The zero-order valence-electron chi connectivity index (χ0n) is 24.6. The number of hydrogen-bond acceptors (Lipinski definition) is 12. The van der Waals surface area contributed by atoms with Gasteiger partial charge < -0.3 is 52.8 Å². The van der Waals surface area contributed by atoms with Crippen LogP contribution in [0.25, 0.3) is 0 Å². The smallest absolute Gasteiger partial charge is 0.327 e. The molecule has 0 spiro atoms. The lowest BCUT2D eigenvalue weighted by Gasteiger charge is -2.25. The fourth-order valence-electron chi connectivity index (χ4n) is 3.32. The molecular weight excluding hydrogens is 642 g/mol. The van der Waals surface area contributed by atoms with E-state index in [4.69, 9.17) is 21.3 Å². The van der Waals surface area contributed by atoms with E-state index < -0.39 is 90.9 Å². The first-order valence-electron chi connectivity index (χ1n) is 13.3. The Bertz CT molecular complexity index is 1100. The van der Waals surface area contributed by atoms with E-state index in [0.29, 0.717) is 5.75 Å². The molecule has 0 aliphatic rings. The number of nitrogens with one attached hydrogen (secondary N) is 4. The molecule has 0 aliphatic heterocycles. The number of carboxylic acids is 3. The third kappa shape index (κ3) is 20.3. The highest BCUT2D eigenvalue weighted by Gasteiger charge is 2.32. The predicted molar refractivity (Wildman–Crippen MR) is 162 cm³/mol. The molecule has 0 bridgehead atoms. The molecule has 0 aromatic carbocycles. The van der Waals surface area contributed by atoms with Gasteiger partial charge in [-0.2, -0.15) is 0 Å². The van der Waals surface area contributed by atoms with Gasteiger partial charge in [0.05, 0.1) is 6.42 Å². The van der Waals surface area contributed by atoms with Gasteiger partial charge in [-0.25, -0.2) is 4.79 Å². The molecule has 4 atom stereocenters. The van der Waals surface area contributed by atoms with Crippen LogP contribution in [0.3, 0.4) is 0 Å².